The maximum absolute atomic E-state index is 12.3. The lowest BCUT2D eigenvalue weighted by Gasteiger charge is -1.94. The van der Waals surface area contributed by atoms with Gasteiger partial charge in [-0.05, 0) is 18.2 Å². The van der Waals surface area contributed by atoms with Gasteiger partial charge in [0.1, 0.15) is 11.8 Å². The van der Waals surface area contributed by atoms with Gasteiger partial charge in [0.25, 0.3) is 5.91 Å². The summed E-state index contributed by atoms with van der Waals surface area (Å²) in [5, 5.41) is 25.3. The fourth-order valence-corrected chi connectivity index (χ4v) is 7.72. The van der Waals surface area contributed by atoms with Gasteiger partial charge in [-0.3, -0.25) is 19.2 Å². The molecule has 56 heavy (non-hydrogen) atoms. The molecule has 0 saturated carbocycles. The molecule has 0 spiro atoms. The van der Waals surface area contributed by atoms with Crippen molar-refractivity contribution in [3.8, 4) is 6.07 Å². The highest BCUT2D eigenvalue weighted by molar-refractivity contribution is 7.12. The van der Waals surface area contributed by atoms with Crippen LogP contribution >= 0.6 is 34.0 Å². The highest BCUT2D eigenvalue weighted by Gasteiger charge is 2.21. The number of para-hydroxylation sites is 3. The minimum Gasteiger partial charge on any atom is -0.476 e. The third-order valence-corrected chi connectivity index (χ3v) is 10.7. The standard InChI is InChI=1S/C13H9N3O2S.C13H7N3OS.C13H8N2O3S/c14-12(18)10-6-19-13(16-10)11(17)8-5-15-9-4-2-1-3-7(8)9;14-5-8-7-18-13(16-8)12(17)10-6-15-11-4-2-1-3-9(10)11;16-11(12-15-10(6-19-12)13(17)18)8-5-14-9-4-2-1-3-7(8)9/h1-6,15H,(H2,14,18);1-4,6-7,15H;1-6,14H,(H,17,18). The number of fused-ring (bicyclic) bond motifs is 3. The number of thiazole rings is 3. The number of aromatic carboxylic acids is 1. The Kier molecular flexibility index (Phi) is 10.5. The van der Waals surface area contributed by atoms with E-state index in [-0.39, 0.29) is 44.4 Å². The van der Waals surface area contributed by atoms with Gasteiger partial charge in [0, 0.05) is 67.4 Å². The Hall–Kier alpha value is -7.39. The Bertz CT molecular complexity index is 2860. The number of ketones is 3. The van der Waals surface area contributed by atoms with Crippen LogP contribution in [0.15, 0.2) is 108 Å². The third kappa shape index (κ3) is 7.51. The van der Waals surface area contributed by atoms with E-state index in [1.807, 2.05) is 78.9 Å². The molecule has 0 aliphatic carbocycles. The number of H-pyrrole nitrogens is 3. The van der Waals surface area contributed by atoms with E-state index in [1.165, 1.54) is 22.1 Å². The van der Waals surface area contributed by atoms with Gasteiger partial charge < -0.3 is 25.8 Å². The van der Waals surface area contributed by atoms with Gasteiger partial charge >= 0.3 is 5.97 Å². The van der Waals surface area contributed by atoms with Crippen LogP contribution in [0.5, 0.6) is 0 Å². The Balaban J connectivity index is 0.000000129. The van der Waals surface area contributed by atoms with E-state index in [9.17, 15) is 24.0 Å². The van der Waals surface area contributed by atoms with Gasteiger partial charge in [-0.25, -0.2) is 19.7 Å². The van der Waals surface area contributed by atoms with Crippen LogP contribution in [0.4, 0.5) is 0 Å². The summed E-state index contributed by atoms with van der Waals surface area (Å²) in [4.78, 5) is 79.5. The highest BCUT2D eigenvalue weighted by Crippen LogP contribution is 2.25. The molecule has 0 bridgehead atoms. The molecule has 9 aromatic rings. The summed E-state index contributed by atoms with van der Waals surface area (Å²) in [5.74, 6) is -2.40. The molecule has 0 radical (unpaired) electrons. The number of aromatic nitrogens is 6. The molecule has 0 unspecified atom stereocenters. The number of nitrogens with one attached hydrogen (secondary N) is 3. The summed E-state index contributed by atoms with van der Waals surface area (Å²) in [6, 6.07) is 24.5. The number of carbonyl (C=O) groups is 5. The van der Waals surface area contributed by atoms with E-state index in [0.29, 0.717) is 21.7 Å². The van der Waals surface area contributed by atoms with Crippen LogP contribution in [0.1, 0.15) is 72.8 Å². The van der Waals surface area contributed by atoms with Gasteiger partial charge in [-0.15, -0.1) is 34.0 Å². The van der Waals surface area contributed by atoms with Crippen LogP contribution in [0, 0.1) is 11.3 Å². The molecule has 0 fully saturated rings. The molecule has 0 aliphatic heterocycles. The molecule has 274 valence electrons. The normalized spacial score (nSPS) is 10.6. The SMILES string of the molecule is N#Cc1csc(C(=O)c2c[nH]c3ccccc23)n1.NC(=O)c1csc(C(=O)c2c[nH]c3ccccc23)n1.O=C(O)c1csc(C(=O)c2c[nH]c3ccccc23)n1. The summed E-state index contributed by atoms with van der Waals surface area (Å²) in [7, 11) is 0. The predicted molar refractivity (Wildman–Crippen MR) is 212 cm³/mol. The molecular formula is C39H24N8O6S3. The quantitative estimate of drug-likeness (QED) is 0.0966. The number of aromatic amines is 3. The topological polar surface area (TPSA) is 241 Å². The number of benzene rings is 3. The highest BCUT2D eigenvalue weighted by atomic mass is 32.1. The van der Waals surface area contributed by atoms with Gasteiger partial charge in [-0.1, -0.05) is 54.6 Å². The molecule has 14 nitrogen and oxygen atoms in total. The average molecular weight is 797 g/mol. The lowest BCUT2D eigenvalue weighted by Crippen LogP contribution is -2.12. The van der Waals surface area contributed by atoms with E-state index in [0.717, 1.165) is 55.4 Å². The minimum absolute atomic E-state index is 0.104. The van der Waals surface area contributed by atoms with Crippen molar-refractivity contribution in [2.24, 2.45) is 5.73 Å². The smallest absolute Gasteiger partial charge is 0.355 e. The van der Waals surface area contributed by atoms with Crippen molar-refractivity contribution >= 4 is 95.9 Å². The maximum Gasteiger partial charge on any atom is 0.355 e. The first-order valence-corrected chi connectivity index (χ1v) is 18.9. The minimum atomic E-state index is -1.13. The van der Waals surface area contributed by atoms with Crippen LogP contribution in [-0.4, -0.2) is 64.2 Å². The lowest BCUT2D eigenvalue weighted by molar-refractivity contribution is 0.0690. The molecule has 0 aliphatic rings. The summed E-state index contributed by atoms with van der Waals surface area (Å²) < 4.78 is 0. The Morgan fingerprint density at radius 1 is 0.571 bits per heavy atom. The summed E-state index contributed by atoms with van der Waals surface area (Å²) in [5.41, 5.74) is 9.72. The number of hydrogen-bond acceptors (Lipinski definition) is 12. The van der Waals surface area contributed by atoms with E-state index in [1.54, 1.807) is 24.0 Å². The van der Waals surface area contributed by atoms with Crippen LogP contribution in [0.25, 0.3) is 32.7 Å². The van der Waals surface area contributed by atoms with Crippen molar-refractivity contribution < 1.29 is 29.1 Å². The summed E-state index contributed by atoms with van der Waals surface area (Å²) >= 11 is 3.35. The Morgan fingerprint density at radius 2 is 0.946 bits per heavy atom. The van der Waals surface area contributed by atoms with Gasteiger partial charge in [-0.2, -0.15) is 5.26 Å². The second kappa shape index (κ2) is 15.9. The van der Waals surface area contributed by atoms with Crippen LogP contribution in [0.3, 0.4) is 0 Å². The third-order valence-electron chi connectivity index (χ3n) is 8.18. The van der Waals surface area contributed by atoms with E-state index >= 15 is 0 Å². The number of carboxylic acid groups (broad SMARTS) is 1. The fourth-order valence-electron chi connectivity index (χ4n) is 5.52. The summed E-state index contributed by atoms with van der Waals surface area (Å²) in [6.45, 7) is 0. The molecule has 6 aromatic heterocycles. The Morgan fingerprint density at radius 3 is 1.30 bits per heavy atom. The zero-order valence-corrected chi connectivity index (χ0v) is 30.9. The lowest BCUT2D eigenvalue weighted by atomic mass is 10.1. The molecular weight excluding hydrogens is 773 g/mol. The van der Waals surface area contributed by atoms with Crippen molar-refractivity contribution in [3.05, 3.63) is 156 Å². The number of nitrogens with zero attached hydrogens (tertiary/aromatic N) is 4. The second-order valence-corrected chi connectivity index (χ2v) is 14.2. The maximum atomic E-state index is 12.3. The number of carbonyl (C=O) groups excluding carboxylic acids is 4. The van der Waals surface area contributed by atoms with Crippen molar-refractivity contribution in [3.63, 3.8) is 0 Å². The molecule has 3 aromatic carbocycles. The predicted octanol–water partition coefficient (Wildman–Crippen LogP) is 7.23. The number of hydrogen-bond donors (Lipinski definition) is 5. The first-order chi connectivity index (χ1) is 27.1. The van der Waals surface area contributed by atoms with Crippen LogP contribution in [0.2, 0.25) is 0 Å². The van der Waals surface area contributed by atoms with Gasteiger partial charge in [0.15, 0.2) is 26.4 Å². The van der Waals surface area contributed by atoms with Gasteiger partial charge in [0.05, 0.1) is 16.7 Å². The largest absolute Gasteiger partial charge is 0.476 e. The molecule has 9 rings (SSSR count). The fraction of sp³-hybridized carbons (Fsp3) is 0. The zero-order chi connectivity index (χ0) is 39.3. The van der Waals surface area contributed by atoms with E-state index < -0.39 is 11.9 Å². The first-order valence-electron chi connectivity index (χ1n) is 16.2. The molecule has 1 amide bonds. The molecule has 0 saturated heterocycles. The van der Waals surface area contributed by atoms with Crippen molar-refractivity contribution in [2.45, 2.75) is 0 Å². The van der Waals surface area contributed by atoms with E-state index in [2.05, 4.69) is 29.9 Å². The molecule has 0 atom stereocenters. The number of carboxylic acids is 1. The molecule has 6 N–H and O–H groups in total. The van der Waals surface area contributed by atoms with Gasteiger partial charge in [0.2, 0.25) is 17.3 Å². The Labute approximate surface area is 327 Å². The summed E-state index contributed by atoms with van der Waals surface area (Å²) in [6.07, 6.45) is 4.95. The van der Waals surface area contributed by atoms with E-state index in [4.69, 9.17) is 16.1 Å². The van der Waals surface area contributed by atoms with Crippen molar-refractivity contribution in [2.75, 3.05) is 0 Å². The number of nitrogens with two attached hydrogens (primary N) is 1. The first kappa shape index (κ1) is 36.9. The molecule has 6 heterocycles. The molecule has 17 heteroatoms. The number of primary amides is 1. The number of amides is 1. The van der Waals surface area contributed by atoms with Crippen LogP contribution < -0.4 is 5.73 Å². The number of rotatable bonds is 8. The van der Waals surface area contributed by atoms with Crippen molar-refractivity contribution in [1.82, 2.24) is 29.9 Å². The average Bonchev–Trinajstić information content (AvgIpc) is 4.08. The monoisotopic (exact) mass is 796 g/mol. The second-order valence-electron chi connectivity index (χ2n) is 11.6. The van der Waals surface area contributed by atoms with Crippen molar-refractivity contribution in [1.29, 1.82) is 5.26 Å². The van der Waals surface area contributed by atoms with Crippen LogP contribution in [-0.2, 0) is 0 Å². The zero-order valence-electron chi connectivity index (χ0n) is 28.5. The number of nitriles is 1.